The van der Waals surface area contributed by atoms with E-state index in [2.05, 4.69) is 0 Å². The van der Waals surface area contributed by atoms with Crippen LogP contribution in [0.4, 0.5) is 4.39 Å². The second-order valence-electron chi connectivity index (χ2n) is 8.02. The number of ether oxygens (including phenoxy) is 2. The molecule has 0 bridgehead atoms. The van der Waals surface area contributed by atoms with E-state index in [1.807, 2.05) is 0 Å². The van der Waals surface area contributed by atoms with Gasteiger partial charge in [-0.2, -0.15) is 0 Å². The zero-order valence-electron chi connectivity index (χ0n) is 15.9. The minimum Gasteiger partial charge on any atom is -0.422 e. The SMILES string of the molecule is CCC(O)c1cc(OC(=O)C(C)(C)C)c(OC(=O)C(C)(C)C)cc1F. The number of aliphatic hydroxyl groups is 1. The molecule has 1 aromatic carbocycles. The Morgan fingerprint density at radius 3 is 1.76 bits per heavy atom. The molecule has 0 saturated heterocycles. The first kappa shape index (κ1) is 21.1. The highest BCUT2D eigenvalue weighted by atomic mass is 19.1. The monoisotopic (exact) mass is 354 g/mol. The molecule has 1 unspecified atom stereocenters. The lowest BCUT2D eigenvalue weighted by Gasteiger charge is -2.21. The molecule has 5 nitrogen and oxygen atoms in total. The van der Waals surface area contributed by atoms with E-state index >= 15 is 0 Å². The van der Waals surface area contributed by atoms with Crippen molar-refractivity contribution in [3.8, 4) is 11.5 Å². The molecule has 1 aromatic rings. The Bertz CT molecular complexity index is 653. The molecular formula is C19H27FO5. The van der Waals surface area contributed by atoms with Crippen molar-refractivity contribution >= 4 is 11.9 Å². The maximum Gasteiger partial charge on any atom is 0.316 e. The van der Waals surface area contributed by atoms with Crippen LogP contribution in [0.25, 0.3) is 0 Å². The number of hydrogen-bond donors (Lipinski definition) is 1. The molecule has 0 saturated carbocycles. The van der Waals surface area contributed by atoms with Crippen LogP contribution in [0.2, 0.25) is 0 Å². The minimum atomic E-state index is -1.06. The highest BCUT2D eigenvalue weighted by molar-refractivity contribution is 5.81. The first-order valence-corrected chi connectivity index (χ1v) is 8.23. The van der Waals surface area contributed by atoms with Crippen molar-refractivity contribution in [2.45, 2.75) is 61.0 Å². The van der Waals surface area contributed by atoms with Crippen LogP contribution in [-0.4, -0.2) is 17.0 Å². The number of carbonyl (C=O) groups is 2. The second-order valence-corrected chi connectivity index (χ2v) is 8.02. The van der Waals surface area contributed by atoms with Gasteiger partial charge in [-0.05, 0) is 54.0 Å². The van der Waals surface area contributed by atoms with Crippen molar-refractivity contribution in [3.63, 3.8) is 0 Å². The molecule has 0 aliphatic heterocycles. The van der Waals surface area contributed by atoms with Gasteiger partial charge in [-0.1, -0.05) is 6.92 Å². The highest BCUT2D eigenvalue weighted by Gasteiger charge is 2.29. The van der Waals surface area contributed by atoms with Crippen molar-refractivity contribution in [2.75, 3.05) is 0 Å². The summed E-state index contributed by atoms with van der Waals surface area (Å²) in [5.74, 6) is -2.18. The van der Waals surface area contributed by atoms with E-state index < -0.39 is 34.7 Å². The van der Waals surface area contributed by atoms with E-state index in [0.29, 0.717) is 0 Å². The van der Waals surface area contributed by atoms with Crippen LogP contribution in [0.3, 0.4) is 0 Å². The average molecular weight is 354 g/mol. The molecule has 0 radical (unpaired) electrons. The lowest BCUT2D eigenvalue weighted by molar-refractivity contribution is -0.145. The predicted octanol–water partition coefficient (Wildman–Crippen LogP) is 4.17. The van der Waals surface area contributed by atoms with Gasteiger partial charge >= 0.3 is 11.9 Å². The van der Waals surface area contributed by atoms with Crippen LogP contribution in [-0.2, 0) is 9.59 Å². The molecule has 1 atom stereocenters. The third-order valence-corrected chi connectivity index (χ3v) is 3.44. The Hall–Kier alpha value is -1.95. The molecule has 0 aliphatic carbocycles. The maximum absolute atomic E-state index is 14.3. The molecule has 6 heteroatoms. The van der Waals surface area contributed by atoms with Gasteiger partial charge in [-0.3, -0.25) is 9.59 Å². The molecule has 1 rings (SSSR count). The first-order chi connectivity index (χ1) is 11.3. The van der Waals surface area contributed by atoms with E-state index in [1.54, 1.807) is 48.5 Å². The Balaban J connectivity index is 3.36. The van der Waals surface area contributed by atoms with Crippen molar-refractivity contribution in [1.29, 1.82) is 0 Å². The highest BCUT2D eigenvalue weighted by Crippen LogP contribution is 2.36. The molecule has 0 amide bonds. The summed E-state index contributed by atoms with van der Waals surface area (Å²) in [6.07, 6.45) is -0.774. The summed E-state index contributed by atoms with van der Waals surface area (Å²) in [4.78, 5) is 24.3. The smallest absolute Gasteiger partial charge is 0.316 e. The largest absolute Gasteiger partial charge is 0.422 e. The zero-order valence-corrected chi connectivity index (χ0v) is 15.9. The molecular weight excluding hydrogens is 327 g/mol. The predicted molar refractivity (Wildman–Crippen MR) is 91.8 cm³/mol. The van der Waals surface area contributed by atoms with E-state index in [-0.39, 0.29) is 23.5 Å². The zero-order chi connectivity index (χ0) is 19.6. The molecule has 0 spiro atoms. The molecule has 1 N–H and O–H groups in total. The maximum atomic E-state index is 14.3. The van der Waals surface area contributed by atoms with Gasteiger partial charge in [-0.25, -0.2) is 4.39 Å². The minimum absolute atomic E-state index is 0.0187. The van der Waals surface area contributed by atoms with Crippen LogP contribution in [0.1, 0.15) is 66.6 Å². The topological polar surface area (TPSA) is 72.8 Å². The van der Waals surface area contributed by atoms with Gasteiger partial charge in [0, 0.05) is 11.6 Å². The summed E-state index contributed by atoms with van der Waals surface area (Å²) in [7, 11) is 0. The second kappa shape index (κ2) is 7.52. The van der Waals surface area contributed by atoms with Crippen molar-refractivity contribution < 1.29 is 28.6 Å². The Morgan fingerprint density at radius 1 is 1.00 bits per heavy atom. The van der Waals surface area contributed by atoms with Gasteiger partial charge < -0.3 is 14.6 Å². The van der Waals surface area contributed by atoms with Crippen molar-refractivity contribution in [2.24, 2.45) is 10.8 Å². The van der Waals surface area contributed by atoms with Crippen molar-refractivity contribution in [3.05, 3.63) is 23.5 Å². The van der Waals surface area contributed by atoms with Crippen molar-refractivity contribution in [1.82, 2.24) is 0 Å². The van der Waals surface area contributed by atoms with Gasteiger partial charge in [0.15, 0.2) is 11.5 Å². The lowest BCUT2D eigenvalue weighted by Crippen LogP contribution is -2.28. The fourth-order valence-corrected chi connectivity index (χ4v) is 1.69. The fraction of sp³-hybridized carbons (Fsp3) is 0.579. The molecule has 0 aliphatic rings. The van der Waals surface area contributed by atoms with Gasteiger partial charge in [0.05, 0.1) is 16.9 Å². The van der Waals surface area contributed by atoms with E-state index in [1.165, 1.54) is 6.07 Å². The number of aliphatic hydroxyl groups excluding tert-OH is 1. The van der Waals surface area contributed by atoms with Gasteiger partial charge in [0.2, 0.25) is 0 Å². The number of rotatable bonds is 4. The van der Waals surface area contributed by atoms with E-state index in [9.17, 15) is 19.1 Å². The Labute approximate surface area is 148 Å². The van der Waals surface area contributed by atoms with Crippen LogP contribution >= 0.6 is 0 Å². The number of carbonyl (C=O) groups excluding carboxylic acids is 2. The summed E-state index contributed by atoms with van der Waals surface area (Å²) in [5, 5.41) is 9.94. The average Bonchev–Trinajstić information content (AvgIpc) is 2.46. The molecule has 0 aromatic heterocycles. The van der Waals surface area contributed by atoms with Gasteiger partial charge in [0.1, 0.15) is 5.82 Å². The summed E-state index contributed by atoms with van der Waals surface area (Å²) in [6, 6.07) is 2.17. The summed E-state index contributed by atoms with van der Waals surface area (Å²) in [5.41, 5.74) is -1.64. The molecule has 0 fully saturated rings. The first-order valence-electron chi connectivity index (χ1n) is 8.23. The van der Waals surface area contributed by atoms with Crippen LogP contribution in [0.5, 0.6) is 11.5 Å². The molecule has 0 heterocycles. The van der Waals surface area contributed by atoms with Crippen LogP contribution in [0.15, 0.2) is 12.1 Å². The summed E-state index contributed by atoms with van der Waals surface area (Å²) < 4.78 is 24.8. The fourth-order valence-electron chi connectivity index (χ4n) is 1.69. The quantitative estimate of drug-likeness (QED) is 0.649. The van der Waals surface area contributed by atoms with Gasteiger partial charge in [0.25, 0.3) is 0 Å². The summed E-state index contributed by atoms with van der Waals surface area (Å²) in [6.45, 7) is 11.7. The van der Waals surface area contributed by atoms with Crippen LogP contribution in [0, 0.1) is 16.6 Å². The van der Waals surface area contributed by atoms with Gasteiger partial charge in [-0.15, -0.1) is 0 Å². The Morgan fingerprint density at radius 2 is 1.40 bits per heavy atom. The number of hydrogen-bond acceptors (Lipinski definition) is 5. The number of benzene rings is 1. The molecule has 140 valence electrons. The van der Waals surface area contributed by atoms with E-state index in [0.717, 1.165) is 6.07 Å². The Kier molecular flexibility index (Phi) is 6.34. The normalized spacial score (nSPS) is 13.3. The van der Waals surface area contributed by atoms with Crippen LogP contribution < -0.4 is 9.47 Å². The summed E-state index contributed by atoms with van der Waals surface area (Å²) >= 11 is 0. The third kappa shape index (κ3) is 5.53. The number of halogens is 1. The molecule has 25 heavy (non-hydrogen) atoms. The number of esters is 2. The lowest BCUT2D eigenvalue weighted by atomic mass is 9.97. The standard InChI is InChI=1S/C19H27FO5/c1-8-13(21)11-9-14(24-16(22)18(2,3)4)15(10-12(11)20)25-17(23)19(5,6)7/h9-10,13,21H,8H2,1-7H3. The third-order valence-electron chi connectivity index (χ3n) is 3.44. The van der Waals surface area contributed by atoms with E-state index in [4.69, 9.17) is 9.47 Å².